The molecule has 1 fully saturated rings. The second kappa shape index (κ2) is 42.9. The summed E-state index contributed by atoms with van der Waals surface area (Å²) in [6.07, 6.45) is 43.8. The lowest BCUT2D eigenvalue weighted by Crippen LogP contribution is -2.60. The number of nitrogens with one attached hydrogen (secondary N) is 1. The van der Waals surface area contributed by atoms with Crippen LogP contribution in [0.3, 0.4) is 0 Å². The lowest BCUT2D eigenvalue weighted by atomic mass is 9.99. The van der Waals surface area contributed by atoms with Crippen molar-refractivity contribution in [1.29, 1.82) is 0 Å². The van der Waals surface area contributed by atoms with E-state index in [1.807, 2.05) is 0 Å². The molecule has 0 aliphatic carbocycles. The highest BCUT2D eigenvalue weighted by atomic mass is 16.7. The second-order valence-electron chi connectivity index (χ2n) is 18.7. The van der Waals surface area contributed by atoms with Crippen LogP contribution in [0.15, 0.2) is 12.2 Å². The van der Waals surface area contributed by atoms with Crippen molar-refractivity contribution in [3.05, 3.63) is 12.2 Å². The molecule has 1 saturated heterocycles. The van der Waals surface area contributed by atoms with Gasteiger partial charge >= 0.3 is 0 Å². The number of aliphatic hydroxyl groups excluding tert-OH is 5. The summed E-state index contributed by atoms with van der Waals surface area (Å²) in [6.45, 7) is 3.84. The highest BCUT2D eigenvalue weighted by Gasteiger charge is 2.44. The highest BCUT2D eigenvalue weighted by Crippen LogP contribution is 2.23. The Morgan fingerprint density at radius 3 is 1.33 bits per heavy atom. The molecule has 362 valence electrons. The van der Waals surface area contributed by atoms with Crippen molar-refractivity contribution < 1.29 is 39.8 Å². The Bertz CT molecular complexity index is 966. The zero-order chi connectivity index (χ0) is 44.4. The normalized spacial score (nSPS) is 20.4. The first kappa shape index (κ1) is 57.9. The molecule has 9 heteroatoms. The topological polar surface area (TPSA) is 149 Å². The lowest BCUT2D eigenvalue weighted by molar-refractivity contribution is -0.302. The van der Waals surface area contributed by atoms with Gasteiger partial charge in [0.05, 0.1) is 25.4 Å². The molecule has 1 heterocycles. The molecule has 0 bridgehead atoms. The van der Waals surface area contributed by atoms with Crippen LogP contribution in [-0.2, 0) is 14.3 Å². The van der Waals surface area contributed by atoms with Gasteiger partial charge in [0, 0.05) is 6.42 Å². The molecule has 0 spiro atoms. The quantitative estimate of drug-likeness (QED) is 0.0262. The van der Waals surface area contributed by atoms with Gasteiger partial charge in [-0.1, -0.05) is 225 Å². The highest BCUT2D eigenvalue weighted by molar-refractivity contribution is 5.76. The van der Waals surface area contributed by atoms with E-state index in [1.165, 1.54) is 186 Å². The maximum atomic E-state index is 13.0. The van der Waals surface area contributed by atoms with Crippen molar-refractivity contribution in [1.82, 2.24) is 5.32 Å². The molecule has 61 heavy (non-hydrogen) atoms. The van der Waals surface area contributed by atoms with Crippen LogP contribution in [0.2, 0.25) is 0 Å². The van der Waals surface area contributed by atoms with Gasteiger partial charge in [0.2, 0.25) is 5.91 Å². The Kier molecular flexibility index (Phi) is 40.7. The van der Waals surface area contributed by atoms with Gasteiger partial charge in [-0.15, -0.1) is 0 Å². The minimum absolute atomic E-state index is 0.145. The maximum Gasteiger partial charge on any atom is 0.220 e. The first-order valence-electron chi connectivity index (χ1n) is 26.4. The zero-order valence-corrected chi connectivity index (χ0v) is 39.9. The number of hydrogen-bond acceptors (Lipinski definition) is 8. The third kappa shape index (κ3) is 33.1. The van der Waals surface area contributed by atoms with Crippen LogP contribution >= 0.6 is 0 Å². The number of allylic oxidation sites excluding steroid dienone is 2. The molecule has 0 aromatic rings. The van der Waals surface area contributed by atoms with Gasteiger partial charge in [0.25, 0.3) is 0 Å². The van der Waals surface area contributed by atoms with Crippen molar-refractivity contribution in [2.24, 2.45) is 0 Å². The summed E-state index contributed by atoms with van der Waals surface area (Å²) < 4.78 is 11.3. The van der Waals surface area contributed by atoms with Crippen molar-refractivity contribution in [2.45, 2.75) is 301 Å². The number of rotatable bonds is 45. The number of carbonyl (C=O) groups is 1. The number of hydrogen-bond donors (Lipinski definition) is 6. The summed E-state index contributed by atoms with van der Waals surface area (Å²) in [7, 11) is 0. The van der Waals surface area contributed by atoms with Gasteiger partial charge in [-0.3, -0.25) is 4.79 Å². The van der Waals surface area contributed by atoms with E-state index < -0.39 is 49.5 Å². The number of carbonyl (C=O) groups excluding carboxylic acids is 1. The standard InChI is InChI=1S/C52H101NO8/c1-3-5-7-9-11-13-15-17-19-20-21-22-23-24-25-26-28-30-32-34-36-38-40-42-48(56)53-45(44-60-52-51(59)50(58)49(57)47(43-54)61-52)46(55)41-39-37-35-33-31-29-27-18-16-14-12-10-8-6-4-2/h31,33,45-47,49-52,54-55,57-59H,3-30,32,34-44H2,1-2H3,(H,53,56)/b33-31+/t45-,46+,47-,49-,50?,51?,52-/m0/s1. The molecule has 1 rings (SSSR count). The third-order valence-corrected chi connectivity index (χ3v) is 12.9. The van der Waals surface area contributed by atoms with E-state index in [2.05, 4.69) is 31.3 Å². The summed E-state index contributed by atoms with van der Waals surface area (Å²) in [5.41, 5.74) is 0. The minimum atomic E-state index is -1.55. The summed E-state index contributed by atoms with van der Waals surface area (Å²) in [4.78, 5) is 13.0. The van der Waals surface area contributed by atoms with E-state index in [-0.39, 0.29) is 12.5 Å². The van der Waals surface area contributed by atoms with Crippen LogP contribution in [-0.4, -0.2) is 87.5 Å². The van der Waals surface area contributed by atoms with Crippen LogP contribution < -0.4 is 5.32 Å². The van der Waals surface area contributed by atoms with Crippen LogP contribution in [0.1, 0.15) is 258 Å². The van der Waals surface area contributed by atoms with E-state index in [4.69, 9.17) is 9.47 Å². The smallest absolute Gasteiger partial charge is 0.220 e. The summed E-state index contributed by atoms with van der Waals surface area (Å²) >= 11 is 0. The molecule has 0 aromatic heterocycles. The average Bonchev–Trinajstić information content (AvgIpc) is 3.26. The molecular formula is C52H101NO8. The van der Waals surface area contributed by atoms with E-state index in [9.17, 15) is 30.3 Å². The molecular weight excluding hydrogens is 767 g/mol. The Labute approximate surface area is 376 Å². The molecule has 6 N–H and O–H groups in total. The first-order valence-corrected chi connectivity index (χ1v) is 26.4. The van der Waals surface area contributed by atoms with E-state index in [1.54, 1.807) is 0 Å². The van der Waals surface area contributed by atoms with Gasteiger partial charge in [0.1, 0.15) is 24.4 Å². The molecule has 1 amide bonds. The fourth-order valence-electron chi connectivity index (χ4n) is 8.63. The van der Waals surface area contributed by atoms with E-state index in [0.29, 0.717) is 12.8 Å². The number of ether oxygens (including phenoxy) is 2. The van der Waals surface area contributed by atoms with E-state index >= 15 is 0 Å². The molecule has 0 radical (unpaired) electrons. The fraction of sp³-hybridized carbons (Fsp3) is 0.942. The van der Waals surface area contributed by atoms with Gasteiger partial charge < -0.3 is 40.3 Å². The molecule has 2 unspecified atom stereocenters. The van der Waals surface area contributed by atoms with Crippen LogP contribution in [0.25, 0.3) is 0 Å². The van der Waals surface area contributed by atoms with Crippen molar-refractivity contribution in [3.63, 3.8) is 0 Å². The SMILES string of the molecule is CCCCCCCCCCC/C=C/CCCC[C@@H](O)[C@H](CO[C@H]1O[C@@H](CO)[C@H](O)C(O)C1O)NC(=O)CCCCCCCCCCCCCCCCCCCCCCCCC. The second-order valence-corrected chi connectivity index (χ2v) is 18.7. The Balaban J connectivity index is 2.23. The maximum absolute atomic E-state index is 13.0. The molecule has 1 aliphatic heterocycles. The average molecular weight is 868 g/mol. The zero-order valence-electron chi connectivity index (χ0n) is 39.9. The van der Waals surface area contributed by atoms with Crippen LogP contribution in [0.4, 0.5) is 0 Å². The third-order valence-electron chi connectivity index (χ3n) is 12.9. The van der Waals surface area contributed by atoms with Crippen molar-refractivity contribution in [2.75, 3.05) is 13.2 Å². The molecule has 0 aromatic carbocycles. The summed E-state index contributed by atoms with van der Waals surface area (Å²) in [5.74, 6) is -0.149. The Morgan fingerprint density at radius 2 is 0.918 bits per heavy atom. The molecule has 1 aliphatic rings. The van der Waals surface area contributed by atoms with Crippen molar-refractivity contribution >= 4 is 5.91 Å². The first-order chi connectivity index (χ1) is 29.8. The summed E-state index contributed by atoms with van der Waals surface area (Å²) in [6, 6.07) is -0.730. The number of unbranched alkanes of at least 4 members (excludes halogenated alkanes) is 33. The number of aliphatic hydroxyl groups is 5. The largest absolute Gasteiger partial charge is 0.394 e. The monoisotopic (exact) mass is 868 g/mol. The fourth-order valence-corrected chi connectivity index (χ4v) is 8.63. The van der Waals surface area contributed by atoms with Crippen LogP contribution in [0, 0.1) is 0 Å². The van der Waals surface area contributed by atoms with Crippen molar-refractivity contribution in [3.8, 4) is 0 Å². The van der Waals surface area contributed by atoms with Gasteiger partial charge in [-0.2, -0.15) is 0 Å². The Morgan fingerprint density at radius 1 is 0.541 bits per heavy atom. The predicted octanol–water partition coefficient (Wildman–Crippen LogP) is 12.1. The molecule has 0 saturated carbocycles. The predicted molar refractivity (Wildman–Crippen MR) is 254 cm³/mol. The molecule has 7 atom stereocenters. The summed E-state index contributed by atoms with van der Waals surface area (Å²) in [5, 5.41) is 54.5. The molecule has 9 nitrogen and oxygen atoms in total. The van der Waals surface area contributed by atoms with Gasteiger partial charge in [0.15, 0.2) is 6.29 Å². The van der Waals surface area contributed by atoms with Gasteiger partial charge in [-0.25, -0.2) is 0 Å². The van der Waals surface area contributed by atoms with Crippen LogP contribution in [0.5, 0.6) is 0 Å². The minimum Gasteiger partial charge on any atom is -0.394 e. The Hall–Kier alpha value is -1.07. The van der Waals surface area contributed by atoms with E-state index in [0.717, 1.165) is 44.9 Å². The van der Waals surface area contributed by atoms with Gasteiger partial charge in [-0.05, 0) is 38.5 Å². The lowest BCUT2D eigenvalue weighted by Gasteiger charge is -2.40. The number of amides is 1.